The predicted molar refractivity (Wildman–Crippen MR) is 68.7 cm³/mol. The SMILES string of the molecule is CCCC1(CNCc2cc(C(=O)O)oc2C)CC1. The lowest BCUT2D eigenvalue weighted by Crippen LogP contribution is -2.23. The fraction of sp³-hybridized carbons (Fsp3) is 0.643. The minimum Gasteiger partial charge on any atom is -0.475 e. The number of carboxylic acids is 1. The molecule has 0 aromatic carbocycles. The van der Waals surface area contributed by atoms with E-state index in [9.17, 15) is 4.79 Å². The molecule has 0 radical (unpaired) electrons. The molecule has 4 heteroatoms. The summed E-state index contributed by atoms with van der Waals surface area (Å²) in [4.78, 5) is 10.8. The zero-order valence-electron chi connectivity index (χ0n) is 11.1. The van der Waals surface area contributed by atoms with Crippen LogP contribution in [-0.4, -0.2) is 17.6 Å². The molecular weight excluding hydrogens is 230 g/mol. The Morgan fingerprint density at radius 1 is 1.56 bits per heavy atom. The van der Waals surface area contributed by atoms with Crippen molar-refractivity contribution in [3.05, 3.63) is 23.2 Å². The van der Waals surface area contributed by atoms with E-state index in [2.05, 4.69) is 12.2 Å². The summed E-state index contributed by atoms with van der Waals surface area (Å²) in [5.41, 5.74) is 1.46. The molecule has 0 atom stereocenters. The maximum Gasteiger partial charge on any atom is 0.371 e. The molecule has 2 N–H and O–H groups in total. The first kappa shape index (κ1) is 13.1. The molecule has 0 spiro atoms. The molecular formula is C14H21NO3. The first-order valence-corrected chi connectivity index (χ1v) is 6.60. The van der Waals surface area contributed by atoms with Gasteiger partial charge in [-0.1, -0.05) is 13.3 Å². The van der Waals surface area contributed by atoms with Crippen LogP contribution in [0.1, 0.15) is 54.5 Å². The Labute approximate surface area is 107 Å². The summed E-state index contributed by atoms with van der Waals surface area (Å²) < 4.78 is 5.18. The average molecular weight is 251 g/mol. The van der Waals surface area contributed by atoms with Crippen LogP contribution < -0.4 is 5.32 Å². The van der Waals surface area contributed by atoms with Gasteiger partial charge in [-0.2, -0.15) is 0 Å². The van der Waals surface area contributed by atoms with Crippen LogP contribution in [0, 0.1) is 12.3 Å². The van der Waals surface area contributed by atoms with E-state index in [4.69, 9.17) is 9.52 Å². The Kier molecular flexibility index (Phi) is 3.76. The molecule has 1 aliphatic rings. The first-order chi connectivity index (χ1) is 8.56. The second-order valence-corrected chi connectivity index (χ2v) is 5.35. The van der Waals surface area contributed by atoms with E-state index >= 15 is 0 Å². The van der Waals surface area contributed by atoms with Crippen molar-refractivity contribution < 1.29 is 14.3 Å². The third kappa shape index (κ3) is 2.93. The van der Waals surface area contributed by atoms with Crippen molar-refractivity contribution in [1.29, 1.82) is 0 Å². The quantitative estimate of drug-likeness (QED) is 0.782. The van der Waals surface area contributed by atoms with E-state index < -0.39 is 5.97 Å². The van der Waals surface area contributed by atoms with Crippen molar-refractivity contribution in [3.63, 3.8) is 0 Å². The van der Waals surface area contributed by atoms with Gasteiger partial charge in [-0.15, -0.1) is 0 Å². The highest BCUT2D eigenvalue weighted by Gasteiger charge is 2.40. The summed E-state index contributed by atoms with van der Waals surface area (Å²) in [6.45, 7) is 5.74. The summed E-state index contributed by atoms with van der Waals surface area (Å²) >= 11 is 0. The van der Waals surface area contributed by atoms with Crippen molar-refractivity contribution >= 4 is 5.97 Å². The van der Waals surface area contributed by atoms with E-state index in [-0.39, 0.29) is 5.76 Å². The normalized spacial score (nSPS) is 16.8. The van der Waals surface area contributed by atoms with E-state index in [0.29, 0.717) is 17.7 Å². The number of nitrogens with one attached hydrogen (secondary N) is 1. The van der Waals surface area contributed by atoms with Gasteiger partial charge in [0.05, 0.1) is 0 Å². The highest BCUT2D eigenvalue weighted by atomic mass is 16.4. The number of carboxylic acid groups (broad SMARTS) is 1. The lowest BCUT2D eigenvalue weighted by Gasteiger charge is -2.14. The second kappa shape index (κ2) is 5.14. The number of aromatic carboxylic acids is 1. The molecule has 0 unspecified atom stereocenters. The summed E-state index contributed by atoms with van der Waals surface area (Å²) in [5.74, 6) is -0.284. The maximum absolute atomic E-state index is 10.8. The molecule has 1 fully saturated rings. The van der Waals surface area contributed by atoms with Gasteiger partial charge < -0.3 is 14.8 Å². The Morgan fingerprint density at radius 3 is 2.78 bits per heavy atom. The summed E-state index contributed by atoms with van der Waals surface area (Å²) in [6.07, 6.45) is 5.15. The summed E-state index contributed by atoms with van der Waals surface area (Å²) in [6, 6.07) is 1.62. The highest BCUT2D eigenvalue weighted by molar-refractivity contribution is 5.84. The van der Waals surface area contributed by atoms with Crippen molar-refractivity contribution in [2.24, 2.45) is 5.41 Å². The molecule has 2 rings (SSSR count). The molecule has 0 aliphatic heterocycles. The van der Waals surface area contributed by atoms with Gasteiger partial charge in [-0.3, -0.25) is 0 Å². The molecule has 1 aliphatic carbocycles. The third-order valence-corrected chi connectivity index (χ3v) is 3.78. The van der Waals surface area contributed by atoms with E-state index in [1.807, 2.05) is 6.92 Å². The van der Waals surface area contributed by atoms with Crippen molar-refractivity contribution in [3.8, 4) is 0 Å². The van der Waals surface area contributed by atoms with Crippen LogP contribution in [0.4, 0.5) is 0 Å². The van der Waals surface area contributed by atoms with Gasteiger partial charge in [0.15, 0.2) is 0 Å². The lowest BCUT2D eigenvalue weighted by atomic mass is 10.0. The number of furan rings is 1. The first-order valence-electron chi connectivity index (χ1n) is 6.60. The molecule has 18 heavy (non-hydrogen) atoms. The Bertz CT molecular complexity index is 432. The van der Waals surface area contributed by atoms with Crippen LogP contribution >= 0.6 is 0 Å². The monoisotopic (exact) mass is 251 g/mol. The fourth-order valence-electron chi connectivity index (χ4n) is 2.49. The average Bonchev–Trinajstić information content (AvgIpc) is 2.96. The second-order valence-electron chi connectivity index (χ2n) is 5.35. The lowest BCUT2D eigenvalue weighted by molar-refractivity contribution is 0.0661. The largest absolute Gasteiger partial charge is 0.475 e. The van der Waals surface area contributed by atoms with Crippen LogP contribution in [0.3, 0.4) is 0 Å². The van der Waals surface area contributed by atoms with Crippen molar-refractivity contribution in [1.82, 2.24) is 5.32 Å². The molecule has 4 nitrogen and oxygen atoms in total. The molecule has 1 aromatic heterocycles. The van der Waals surface area contributed by atoms with Crippen LogP contribution in [0.25, 0.3) is 0 Å². The predicted octanol–water partition coefficient (Wildman–Crippen LogP) is 2.96. The van der Waals surface area contributed by atoms with Gasteiger partial charge in [0.25, 0.3) is 0 Å². The van der Waals surface area contributed by atoms with Gasteiger partial charge in [0.1, 0.15) is 5.76 Å². The molecule has 0 bridgehead atoms. The maximum atomic E-state index is 10.8. The third-order valence-electron chi connectivity index (χ3n) is 3.78. The molecule has 0 saturated heterocycles. The Hall–Kier alpha value is -1.29. The zero-order chi connectivity index (χ0) is 13.2. The minimum absolute atomic E-state index is 0.0268. The molecule has 1 saturated carbocycles. The Balaban J connectivity index is 1.85. The van der Waals surface area contributed by atoms with E-state index in [1.165, 1.54) is 25.7 Å². The van der Waals surface area contributed by atoms with Crippen LogP contribution in [-0.2, 0) is 6.54 Å². The van der Waals surface area contributed by atoms with Gasteiger partial charge in [0, 0.05) is 18.7 Å². The van der Waals surface area contributed by atoms with Gasteiger partial charge in [-0.05, 0) is 37.7 Å². The Morgan fingerprint density at radius 2 is 2.28 bits per heavy atom. The summed E-state index contributed by atoms with van der Waals surface area (Å²) in [7, 11) is 0. The molecule has 0 amide bonds. The van der Waals surface area contributed by atoms with E-state index in [1.54, 1.807) is 6.07 Å². The standard InChI is InChI=1S/C14H21NO3/c1-3-4-14(5-6-14)9-15-8-11-7-12(13(16)17)18-10(11)2/h7,15H,3-6,8-9H2,1-2H3,(H,16,17). The number of hydrogen-bond acceptors (Lipinski definition) is 3. The fourth-order valence-corrected chi connectivity index (χ4v) is 2.49. The van der Waals surface area contributed by atoms with Crippen molar-refractivity contribution in [2.45, 2.75) is 46.1 Å². The number of carbonyl (C=O) groups is 1. The minimum atomic E-state index is -1.01. The van der Waals surface area contributed by atoms with Gasteiger partial charge >= 0.3 is 5.97 Å². The highest BCUT2D eigenvalue weighted by Crippen LogP contribution is 2.48. The zero-order valence-corrected chi connectivity index (χ0v) is 11.1. The molecule has 100 valence electrons. The number of aryl methyl sites for hydroxylation is 1. The molecule has 1 heterocycles. The summed E-state index contributed by atoms with van der Waals surface area (Å²) in [5, 5.41) is 12.3. The number of hydrogen-bond donors (Lipinski definition) is 2. The van der Waals surface area contributed by atoms with Crippen LogP contribution in [0.15, 0.2) is 10.5 Å². The van der Waals surface area contributed by atoms with Gasteiger partial charge in [0.2, 0.25) is 5.76 Å². The van der Waals surface area contributed by atoms with Crippen molar-refractivity contribution in [2.75, 3.05) is 6.54 Å². The topological polar surface area (TPSA) is 62.5 Å². The van der Waals surface area contributed by atoms with Crippen LogP contribution in [0.2, 0.25) is 0 Å². The van der Waals surface area contributed by atoms with Gasteiger partial charge in [-0.25, -0.2) is 4.79 Å². The van der Waals surface area contributed by atoms with Crippen LogP contribution in [0.5, 0.6) is 0 Å². The smallest absolute Gasteiger partial charge is 0.371 e. The number of rotatable bonds is 7. The molecule has 1 aromatic rings. The van der Waals surface area contributed by atoms with E-state index in [0.717, 1.165) is 12.1 Å².